The molecule has 0 aromatic heterocycles. The van der Waals surface area contributed by atoms with E-state index in [1.54, 1.807) is 0 Å². The van der Waals surface area contributed by atoms with Crippen molar-refractivity contribution in [2.24, 2.45) is 0 Å². The van der Waals surface area contributed by atoms with Gasteiger partial charge in [0.05, 0.1) is 0 Å². The maximum absolute atomic E-state index is 12.9. The molecule has 0 atom stereocenters. The van der Waals surface area contributed by atoms with Gasteiger partial charge in [0.2, 0.25) is 5.91 Å². The summed E-state index contributed by atoms with van der Waals surface area (Å²) in [5, 5.41) is 0. The summed E-state index contributed by atoms with van der Waals surface area (Å²) in [4.78, 5) is 18.4. The molecular weight excluding hydrogens is 328 g/mol. The molecule has 1 fully saturated rings. The SMILES string of the molecule is CN1CCN(C(=O)/C=C2/c3ccccc3CSc3ccccc32)CC1. The van der Waals surface area contributed by atoms with Crippen LogP contribution in [0.3, 0.4) is 0 Å². The maximum atomic E-state index is 12.9. The normalized spacial score (nSPS) is 19.2. The van der Waals surface area contributed by atoms with Gasteiger partial charge < -0.3 is 9.80 Å². The van der Waals surface area contributed by atoms with Crippen molar-refractivity contribution in [1.29, 1.82) is 0 Å². The lowest BCUT2D eigenvalue weighted by molar-refractivity contribution is -0.127. The van der Waals surface area contributed by atoms with Gasteiger partial charge in [0.25, 0.3) is 0 Å². The highest BCUT2D eigenvalue weighted by Crippen LogP contribution is 2.39. The lowest BCUT2D eigenvalue weighted by atomic mass is 9.94. The Bertz CT molecular complexity index is 773. The number of rotatable bonds is 1. The van der Waals surface area contributed by atoms with E-state index in [1.165, 1.54) is 21.6 Å². The molecule has 1 amide bonds. The van der Waals surface area contributed by atoms with Crippen LogP contribution in [0.25, 0.3) is 5.57 Å². The molecule has 2 aromatic carbocycles. The van der Waals surface area contributed by atoms with Crippen LogP contribution in [0.1, 0.15) is 16.7 Å². The van der Waals surface area contributed by atoms with Gasteiger partial charge in [-0.2, -0.15) is 0 Å². The third-order valence-corrected chi connectivity index (χ3v) is 6.07. The number of piperazine rings is 1. The van der Waals surface area contributed by atoms with Gasteiger partial charge in [-0.1, -0.05) is 42.5 Å². The predicted octanol–water partition coefficient (Wildman–Crippen LogP) is 3.50. The monoisotopic (exact) mass is 350 g/mol. The smallest absolute Gasteiger partial charge is 0.247 e. The molecule has 2 heterocycles. The molecule has 2 aromatic rings. The fraction of sp³-hybridized carbons (Fsp3) is 0.286. The number of nitrogens with zero attached hydrogens (tertiary/aromatic N) is 2. The Kier molecular flexibility index (Phi) is 4.64. The molecule has 1 saturated heterocycles. The molecule has 4 heteroatoms. The number of hydrogen-bond donors (Lipinski definition) is 0. The maximum Gasteiger partial charge on any atom is 0.247 e. The standard InChI is InChI=1S/C21H22N2OS/c1-22-10-12-23(13-11-22)21(24)14-19-17-7-3-2-6-16(17)15-25-20-9-5-4-8-18(19)20/h2-9,14H,10-13,15H2,1H3/b19-14-. The molecule has 0 unspecified atom stereocenters. The fourth-order valence-electron chi connectivity index (χ4n) is 3.42. The van der Waals surface area contributed by atoms with Crippen molar-refractivity contribution < 1.29 is 4.79 Å². The molecule has 0 bridgehead atoms. The molecule has 2 aliphatic rings. The highest BCUT2D eigenvalue weighted by Gasteiger charge is 2.22. The molecule has 4 rings (SSSR count). The van der Waals surface area contributed by atoms with Crippen molar-refractivity contribution in [3.8, 4) is 0 Å². The van der Waals surface area contributed by atoms with E-state index in [2.05, 4.69) is 60.5 Å². The number of hydrogen-bond acceptors (Lipinski definition) is 3. The molecule has 3 nitrogen and oxygen atoms in total. The summed E-state index contributed by atoms with van der Waals surface area (Å²) in [7, 11) is 2.11. The van der Waals surface area contributed by atoms with Crippen LogP contribution in [0, 0.1) is 0 Å². The van der Waals surface area contributed by atoms with E-state index in [-0.39, 0.29) is 5.91 Å². The summed E-state index contributed by atoms with van der Waals surface area (Å²) >= 11 is 1.85. The number of amides is 1. The second kappa shape index (κ2) is 7.06. The van der Waals surface area contributed by atoms with Crippen LogP contribution in [0.5, 0.6) is 0 Å². The molecule has 25 heavy (non-hydrogen) atoms. The predicted molar refractivity (Wildman–Crippen MR) is 104 cm³/mol. The lowest BCUT2D eigenvalue weighted by Crippen LogP contribution is -2.46. The number of benzene rings is 2. The van der Waals surface area contributed by atoms with E-state index in [9.17, 15) is 4.79 Å². The van der Waals surface area contributed by atoms with Crippen LogP contribution in [-0.2, 0) is 10.5 Å². The van der Waals surface area contributed by atoms with Crippen LogP contribution >= 0.6 is 11.8 Å². The van der Waals surface area contributed by atoms with Crippen LogP contribution in [0.4, 0.5) is 0 Å². The van der Waals surface area contributed by atoms with Gasteiger partial charge in [0, 0.05) is 42.9 Å². The minimum atomic E-state index is 0.125. The molecule has 2 aliphatic heterocycles. The molecule has 0 N–H and O–H groups in total. The Labute approximate surface area is 153 Å². The zero-order valence-corrected chi connectivity index (χ0v) is 15.3. The van der Waals surface area contributed by atoms with E-state index in [4.69, 9.17) is 0 Å². The molecule has 0 radical (unpaired) electrons. The molecular formula is C21H22N2OS. The number of likely N-dealkylation sites (N-methyl/N-ethyl adjacent to an activating group) is 1. The second-order valence-corrected chi connectivity index (χ2v) is 7.65. The van der Waals surface area contributed by atoms with Crippen molar-refractivity contribution in [3.63, 3.8) is 0 Å². The minimum absolute atomic E-state index is 0.125. The van der Waals surface area contributed by atoms with Gasteiger partial charge in [-0.05, 0) is 35.4 Å². The summed E-state index contributed by atoms with van der Waals surface area (Å²) in [6.45, 7) is 3.49. The first-order valence-corrected chi connectivity index (χ1v) is 9.70. The summed E-state index contributed by atoms with van der Waals surface area (Å²) < 4.78 is 0. The lowest BCUT2D eigenvalue weighted by Gasteiger charge is -2.32. The molecule has 128 valence electrons. The van der Waals surface area contributed by atoms with Crippen molar-refractivity contribution in [2.45, 2.75) is 10.6 Å². The first-order chi connectivity index (χ1) is 12.2. The van der Waals surface area contributed by atoms with Gasteiger partial charge in [0.1, 0.15) is 0 Å². The zero-order chi connectivity index (χ0) is 17.2. The van der Waals surface area contributed by atoms with E-state index < -0.39 is 0 Å². The molecule has 0 saturated carbocycles. The highest BCUT2D eigenvalue weighted by atomic mass is 32.2. The van der Waals surface area contributed by atoms with Gasteiger partial charge >= 0.3 is 0 Å². The summed E-state index contributed by atoms with van der Waals surface area (Å²) in [5.41, 5.74) is 4.70. The highest BCUT2D eigenvalue weighted by molar-refractivity contribution is 7.98. The van der Waals surface area contributed by atoms with Crippen LogP contribution in [-0.4, -0.2) is 48.9 Å². The van der Waals surface area contributed by atoms with E-state index in [1.807, 2.05) is 22.7 Å². The fourth-order valence-corrected chi connectivity index (χ4v) is 4.49. The van der Waals surface area contributed by atoms with Gasteiger partial charge in [-0.25, -0.2) is 0 Å². The minimum Gasteiger partial charge on any atom is -0.337 e. The van der Waals surface area contributed by atoms with E-state index in [0.29, 0.717) is 0 Å². The van der Waals surface area contributed by atoms with Crippen molar-refractivity contribution in [2.75, 3.05) is 33.2 Å². The number of carbonyl (C=O) groups excluding carboxylic acids is 1. The number of carbonyl (C=O) groups is 1. The topological polar surface area (TPSA) is 23.6 Å². The van der Waals surface area contributed by atoms with Gasteiger partial charge in [0.15, 0.2) is 0 Å². The zero-order valence-electron chi connectivity index (χ0n) is 14.4. The average Bonchev–Trinajstić information content (AvgIpc) is 2.80. The Morgan fingerprint density at radius 3 is 2.44 bits per heavy atom. The van der Waals surface area contributed by atoms with E-state index >= 15 is 0 Å². The first kappa shape index (κ1) is 16.4. The summed E-state index contributed by atoms with van der Waals surface area (Å²) in [6, 6.07) is 16.9. The van der Waals surface area contributed by atoms with Crippen molar-refractivity contribution in [1.82, 2.24) is 9.80 Å². The Hall–Kier alpha value is -2.04. The largest absolute Gasteiger partial charge is 0.337 e. The van der Waals surface area contributed by atoms with Crippen molar-refractivity contribution >= 4 is 23.2 Å². The van der Waals surface area contributed by atoms with Crippen LogP contribution < -0.4 is 0 Å². The third-order valence-electron chi connectivity index (χ3n) is 4.95. The van der Waals surface area contributed by atoms with Crippen LogP contribution in [0.15, 0.2) is 59.5 Å². The molecule has 0 spiro atoms. The second-order valence-electron chi connectivity index (χ2n) is 6.63. The summed E-state index contributed by atoms with van der Waals surface area (Å²) in [6.07, 6.45) is 1.86. The summed E-state index contributed by atoms with van der Waals surface area (Å²) in [5.74, 6) is 1.06. The van der Waals surface area contributed by atoms with Crippen molar-refractivity contribution in [3.05, 3.63) is 71.3 Å². The number of fused-ring (bicyclic) bond motifs is 2. The van der Waals surface area contributed by atoms with Crippen LogP contribution in [0.2, 0.25) is 0 Å². The third kappa shape index (κ3) is 3.37. The Morgan fingerprint density at radius 2 is 1.64 bits per heavy atom. The first-order valence-electron chi connectivity index (χ1n) is 8.72. The van der Waals surface area contributed by atoms with E-state index in [0.717, 1.165) is 37.5 Å². The Morgan fingerprint density at radius 1 is 0.960 bits per heavy atom. The quantitative estimate of drug-likeness (QED) is 0.736. The molecule has 0 aliphatic carbocycles. The van der Waals surface area contributed by atoms with Gasteiger partial charge in [-0.15, -0.1) is 11.8 Å². The number of thioether (sulfide) groups is 1. The van der Waals surface area contributed by atoms with Gasteiger partial charge in [-0.3, -0.25) is 4.79 Å². The average molecular weight is 350 g/mol. The Balaban J connectivity index is 1.76.